The number of imidazole rings is 1. The summed E-state index contributed by atoms with van der Waals surface area (Å²) >= 11 is 0. The predicted octanol–water partition coefficient (Wildman–Crippen LogP) is -1.74. The van der Waals surface area contributed by atoms with Crippen LogP contribution in [0.15, 0.2) is 6.33 Å². The number of anilines is 1. The van der Waals surface area contributed by atoms with Gasteiger partial charge < -0.3 is 35.2 Å². The number of nitrogens with two attached hydrogens (primary N) is 1. The molecule has 0 amide bonds. The van der Waals surface area contributed by atoms with E-state index in [1.165, 1.54) is 17.8 Å². The molecular formula is C13H20N5O7P. The highest BCUT2D eigenvalue weighted by Gasteiger charge is 2.53. The minimum atomic E-state index is -4.30. The Labute approximate surface area is 147 Å². The van der Waals surface area contributed by atoms with Crippen LogP contribution in [0.25, 0.3) is 11.2 Å². The van der Waals surface area contributed by atoms with Crippen molar-refractivity contribution in [1.82, 2.24) is 19.5 Å². The number of ether oxygens (including phenoxy) is 1. The predicted molar refractivity (Wildman–Crippen MR) is 88.4 cm³/mol. The summed E-state index contributed by atoms with van der Waals surface area (Å²) < 4.78 is 24.0. The minimum absolute atomic E-state index is 0.0116. The first-order valence-electron chi connectivity index (χ1n) is 7.78. The number of nitrogens with zero attached hydrogens (tertiary/aromatic N) is 4. The molecule has 2 aromatic rings. The summed E-state index contributed by atoms with van der Waals surface area (Å²) in [6.07, 6.45) is -2.37. The summed E-state index contributed by atoms with van der Waals surface area (Å²) in [4.78, 5) is 21.9. The third-order valence-electron chi connectivity index (χ3n) is 4.18. The van der Waals surface area contributed by atoms with Gasteiger partial charge in [-0.25, -0.2) is 9.97 Å². The number of aliphatic hydroxyl groups is 3. The quantitative estimate of drug-likeness (QED) is 0.365. The molecule has 0 spiro atoms. The normalized spacial score (nSPS) is 31.4. The Morgan fingerprint density at radius 1 is 1.50 bits per heavy atom. The van der Waals surface area contributed by atoms with Crippen molar-refractivity contribution in [2.24, 2.45) is 0 Å². The second-order valence-corrected chi connectivity index (χ2v) is 7.77. The molecule has 0 aromatic carbocycles. The lowest BCUT2D eigenvalue weighted by molar-refractivity contribution is -0.0950. The first-order chi connectivity index (χ1) is 12.1. The van der Waals surface area contributed by atoms with Gasteiger partial charge in [0, 0.05) is 0 Å². The van der Waals surface area contributed by atoms with Gasteiger partial charge in [0.15, 0.2) is 17.3 Å². The summed E-state index contributed by atoms with van der Waals surface area (Å²) in [7, 11) is -4.30. The fourth-order valence-electron chi connectivity index (χ4n) is 2.91. The second kappa shape index (κ2) is 6.50. The van der Waals surface area contributed by atoms with Crippen molar-refractivity contribution in [3.63, 3.8) is 0 Å². The summed E-state index contributed by atoms with van der Waals surface area (Å²) in [5, 5.41) is 30.0. The van der Waals surface area contributed by atoms with Crippen LogP contribution in [0.4, 0.5) is 5.95 Å². The van der Waals surface area contributed by atoms with E-state index < -0.39 is 38.2 Å². The maximum absolute atomic E-state index is 12.4. The standard InChI is InChI=1S/C13H20N5O7P/c1-3-24-26(22,23)10-7-9(16-12(14)17-10)18(5-15-7)11-13(2,21)8(20)6(4-19)25-11/h5-6,8,11,19-21H,3-4H2,1-2H3,(H,22,23)(H2,14,16,17)/t6-,8-,11-,13-/m1/s1. The van der Waals surface area contributed by atoms with Crippen LogP contribution in [-0.4, -0.2) is 70.8 Å². The van der Waals surface area contributed by atoms with Crippen molar-refractivity contribution in [3.05, 3.63) is 6.33 Å². The number of hydrogen-bond acceptors (Lipinski definition) is 10. The molecule has 1 aliphatic rings. The Hall–Kier alpha value is -1.66. The van der Waals surface area contributed by atoms with Crippen LogP contribution >= 0.6 is 7.60 Å². The van der Waals surface area contributed by atoms with Gasteiger partial charge in [0.25, 0.3) is 0 Å². The lowest BCUT2D eigenvalue weighted by Gasteiger charge is -2.27. The van der Waals surface area contributed by atoms with Crippen LogP contribution in [0.3, 0.4) is 0 Å². The molecule has 3 heterocycles. The van der Waals surface area contributed by atoms with E-state index >= 15 is 0 Å². The van der Waals surface area contributed by atoms with Gasteiger partial charge in [0.1, 0.15) is 23.3 Å². The average molecular weight is 389 g/mol. The number of aliphatic hydroxyl groups excluding tert-OH is 2. The number of fused-ring (bicyclic) bond motifs is 1. The topological polar surface area (TPSA) is 186 Å². The van der Waals surface area contributed by atoms with Crippen LogP contribution in [-0.2, 0) is 13.8 Å². The molecule has 0 bridgehead atoms. The van der Waals surface area contributed by atoms with Gasteiger partial charge >= 0.3 is 7.60 Å². The maximum Gasteiger partial charge on any atom is 0.379 e. The van der Waals surface area contributed by atoms with Crippen molar-refractivity contribution in [2.75, 3.05) is 18.9 Å². The van der Waals surface area contributed by atoms with Crippen molar-refractivity contribution < 1.29 is 34.0 Å². The SMILES string of the molecule is CCOP(=O)(O)c1nc(N)nc2c1ncn2[C@@H]1O[C@H](CO)[C@@H](O)[C@@]1(C)O. The molecule has 0 saturated carbocycles. The van der Waals surface area contributed by atoms with E-state index in [-0.39, 0.29) is 29.2 Å². The van der Waals surface area contributed by atoms with E-state index in [1.807, 2.05) is 0 Å². The van der Waals surface area contributed by atoms with E-state index in [9.17, 15) is 24.8 Å². The first-order valence-corrected chi connectivity index (χ1v) is 9.36. The molecule has 144 valence electrons. The maximum atomic E-state index is 12.4. The largest absolute Gasteiger partial charge is 0.394 e. The Bertz CT molecular complexity index is 872. The molecule has 3 rings (SSSR count). The van der Waals surface area contributed by atoms with Crippen molar-refractivity contribution in [1.29, 1.82) is 0 Å². The highest BCUT2D eigenvalue weighted by molar-refractivity contribution is 7.61. The summed E-state index contributed by atoms with van der Waals surface area (Å²) in [5.74, 6) is -0.305. The fraction of sp³-hybridized carbons (Fsp3) is 0.615. The smallest absolute Gasteiger partial charge is 0.379 e. The summed E-state index contributed by atoms with van der Waals surface area (Å²) in [6, 6.07) is 0. The van der Waals surface area contributed by atoms with Gasteiger partial charge in [-0.2, -0.15) is 4.98 Å². The van der Waals surface area contributed by atoms with Gasteiger partial charge in [0.2, 0.25) is 5.95 Å². The molecule has 1 aliphatic heterocycles. The van der Waals surface area contributed by atoms with E-state index in [0.29, 0.717) is 0 Å². The molecule has 12 nitrogen and oxygen atoms in total. The third-order valence-corrected chi connectivity index (χ3v) is 5.63. The molecule has 1 unspecified atom stereocenters. The highest BCUT2D eigenvalue weighted by atomic mass is 31.2. The Kier molecular flexibility index (Phi) is 4.78. The van der Waals surface area contributed by atoms with Gasteiger partial charge in [-0.3, -0.25) is 9.13 Å². The average Bonchev–Trinajstić information content (AvgIpc) is 3.06. The minimum Gasteiger partial charge on any atom is -0.394 e. The third kappa shape index (κ3) is 2.89. The monoisotopic (exact) mass is 389 g/mol. The van der Waals surface area contributed by atoms with Gasteiger partial charge in [-0.15, -0.1) is 0 Å². The molecule has 5 atom stereocenters. The molecular weight excluding hydrogens is 369 g/mol. The van der Waals surface area contributed by atoms with Crippen molar-refractivity contribution >= 4 is 30.1 Å². The molecule has 1 saturated heterocycles. The van der Waals surface area contributed by atoms with Crippen LogP contribution in [0, 0.1) is 0 Å². The van der Waals surface area contributed by atoms with E-state index in [0.717, 1.165) is 0 Å². The van der Waals surface area contributed by atoms with E-state index in [4.69, 9.17) is 15.0 Å². The van der Waals surface area contributed by atoms with Gasteiger partial charge in [-0.1, -0.05) is 0 Å². The lowest BCUT2D eigenvalue weighted by Crippen LogP contribution is -2.44. The summed E-state index contributed by atoms with van der Waals surface area (Å²) in [6.45, 7) is 2.32. The van der Waals surface area contributed by atoms with Crippen LogP contribution in [0.5, 0.6) is 0 Å². The highest BCUT2D eigenvalue weighted by Crippen LogP contribution is 2.43. The zero-order valence-electron chi connectivity index (χ0n) is 14.1. The molecule has 13 heteroatoms. The fourth-order valence-corrected chi connectivity index (χ4v) is 4.04. The molecule has 0 radical (unpaired) electrons. The van der Waals surface area contributed by atoms with Crippen LogP contribution in [0.2, 0.25) is 0 Å². The first kappa shape index (κ1) is 19.1. The number of aromatic nitrogens is 4. The number of rotatable bonds is 5. The number of nitrogen functional groups attached to an aromatic ring is 1. The molecule has 1 fully saturated rings. The van der Waals surface area contributed by atoms with E-state index in [2.05, 4.69) is 15.0 Å². The molecule has 6 N–H and O–H groups in total. The van der Waals surface area contributed by atoms with Gasteiger partial charge in [0.05, 0.1) is 19.5 Å². The Balaban J connectivity index is 2.16. The van der Waals surface area contributed by atoms with Gasteiger partial charge in [-0.05, 0) is 13.8 Å². The second-order valence-electron chi connectivity index (χ2n) is 6.05. The van der Waals surface area contributed by atoms with Crippen molar-refractivity contribution in [3.8, 4) is 0 Å². The zero-order chi connectivity index (χ0) is 19.3. The van der Waals surface area contributed by atoms with Crippen molar-refractivity contribution in [2.45, 2.75) is 37.9 Å². The lowest BCUT2D eigenvalue weighted by atomic mass is 9.96. The summed E-state index contributed by atoms with van der Waals surface area (Å²) in [5.41, 5.74) is 3.44. The van der Waals surface area contributed by atoms with Crippen LogP contribution in [0.1, 0.15) is 20.1 Å². The zero-order valence-corrected chi connectivity index (χ0v) is 14.9. The van der Waals surface area contributed by atoms with Crippen LogP contribution < -0.4 is 11.2 Å². The Morgan fingerprint density at radius 3 is 2.77 bits per heavy atom. The van der Waals surface area contributed by atoms with E-state index in [1.54, 1.807) is 6.92 Å². The number of hydrogen-bond donors (Lipinski definition) is 5. The molecule has 26 heavy (non-hydrogen) atoms. The molecule has 0 aliphatic carbocycles. The molecule has 2 aromatic heterocycles. The Morgan fingerprint density at radius 2 is 2.19 bits per heavy atom.